The first-order chi connectivity index (χ1) is 10.2. The van der Waals surface area contributed by atoms with E-state index in [-0.39, 0.29) is 18.3 Å². The lowest BCUT2D eigenvalue weighted by Gasteiger charge is -2.22. The topological polar surface area (TPSA) is 41.6 Å². The highest BCUT2D eigenvalue weighted by molar-refractivity contribution is 5.68. The van der Waals surface area contributed by atoms with Crippen LogP contribution in [0.15, 0.2) is 12.1 Å². The number of halogens is 3. The Bertz CT molecular complexity index is 573. The van der Waals surface area contributed by atoms with Crippen LogP contribution in [0.25, 0.3) is 0 Å². The molecule has 0 radical (unpaired) electrons. The quantitative estimate of drug-likeness (QED) is 0.852. The normalized spacial score (nSPS) is 18.5. The lowest BCUT2D eigenvalue weighted by atomic mass is 10.2. The molecule has 7 heteroatoms. The van der Waals surface area contributed by atoms with Crippen molar-refractivity contribution >= 4 is 11.8 Å². The Labute approximate surface area is 127 Å². The van der Waals surface area contributed by atoms with Crippen LogP contribution < -0.4 is 10.2 Å². The van der Waals surface area contributed by atoms with Gasteiger partial charge in [0.1, 0.15) is 11.4 Å². The van der Waals surface area contributed by atoms with Gasteiger partial charge >= 0.3 is 6.09 Å². The molecule has 4 nitrogen and oxygen atoms in total. The van der Waals surface area contributed by atoms with Gasteiger partial charge in [-0.15, -0.1) is 0 Å². The predicted octanol–water partition coefficient (Wildman–Crippen LogP) is 3.21. The molecule has 1 aliphatic rings. The summed E-state index contributed by atoms with van der Waals surface area (Å²) in [6.45, 7) is 5.90. The van der Waals surface area contributed by atoms with Crippen molar-refractivity contribution in [1.29, 1.82) is 0 Å². The second-order valence-corrected chi connectivity index (χ2v) is 6.30. The molecule has 0 bridgehead atoms. The maximum atomic E-state index is 13.8. The van der Waals surface area contributed by atoms with Crippen LogP contribution >= 0.6 is 0 Å². The molecule has 1 fully saturated rings. The van der Waals surface area contributed by atoms with Crippen molar-refractivity contribution in [2.45, 2.75) is 38.8 Å². The number of carbonyl (C=O) groups is 1. The van der Waals surface area contributed by atoms with Crippen LogP contribution in [0, 0.1) is 17.5 Å². The smallest absolute Gasteiger partial charge is 0.407 e. The number of nitrogens with one attached hydrogen (secondary N) is 1. The SMILES string of the molecule is CC(C)(C)OC(=O)N[C@H]1CCN(c2cc(F)cc(F)c2F)C1. The second-order valence-electron chi connectivity index (χ2n) is 6.30. The van der Waals surface area contributed by atoms with Gasteiger partial charge < -0.3 is 15.0 Å². The molecule has 1 atom stereocenters. The number of anilines is 1. The molecule has 1 N–H and O–H groups in total. The summed E-state index contributed by atoms with van der Waals surface area (Å²) in [5.41, 5.74) is -0.744. The summed E-state index contributed by atoms with van der Waals surface area (Å²) in [4.78, 5) is 13.2. The summed E-state index contributed by atoms with van der Waals surface area (Å²) in [5, 5.41) is 2.67. The first-order valence-corrected chi connectivity index (χ1v) is 7.05. The fraction of sp³-hybridized carbons (Fsp3) is 0.533. The zero-order valence-corrected chi connectivity index (χ0v) is 12.8. The van der Waals surface area contributed by atoms with Gasteiger partial charge in [-0.1, -0.05) is 0 Å². The molecule has 0 unspecified atom stereocenters. The molecule has 22 heavy (non-hydrogen) atoms. The number of nitrogens with zero attached hydrogens (tertiary/aromatic N) is 1. The van der Waals surface area contributed by atoms with E-state index in [0.717, 1.165) is 6.07 Å². The first-order valence-electron chi connectivity index (χ1n) is 7.05. The van der Waals surface area contributed by atoms with Crippen LogP contribution in [0.3, 0.4) is 0 Å². The van der Waals surface area contributed by atoms with E-state index in [1.165, 1.54) is 4.90 Å². The van der Waals surface area contributed by atoms with E-state index in [4.69, 9.17) is 4.74 Å². The zero-order valence-electron chi connectivity index (χ0n) is 12.8. The number of hydrogen-bond acceptors (Lipinski definition) is 3. The molecule has 0 saturated carbocycles. The Hall–Kier alpha value is -1.92. The van der Waals surface area contributed by atoms with Crippen molar-refractivity contribution < 1.29 is 22.7 Å². The third-order valence-corrected chi connectivity index (χ3v) is 3.22. The van der Waals surface area contributed by atoms with Gasteiger partial charge in [-0.25, -0.2) is 18.0 Å². The molecule has 1 aliphatic heterocycles. The van der Waals surface area contributed by atoms with Gasteiger partial charge in [0.2, 0.25) is 0 Å². The van der Waals surface area contributed by atoms with Crippen LogP contribution in [0.2, 0.25) is 0 Å². The number of benzene rings is 1. The summed E-state index contributed by atoms with van der Waals surface area (Å²) < 4.78 is 45.4. The molecule has 2 rings (SSSR count). The Morgan fingerprint density at radius 2 is 2.00 bits per heavy atom. The van der Waals surface area contributed by atoms with E-state index < -0.39 is 29.1 Å². The van der Waals surface area contributed by atoms with E-state index in [1.807, 2.05) is 0 Å². The van der Waals surface area contributed by atoms with Crippen LogP contribution in [0.1, 0.15) is 27.2 Å². The fourth-order valence-electron chi connectivity index (χ4n) is 2.34. The van der Waals surface area contributed by atoms with Gasteiger partial charge in [-0.2, -0.15) is 0 Å². The number of amides is 1. The molecule has 1 amide bonds. The van der Waals surface area contributed by atoms with Crippen LogP contribution in [-0.4, -0.2) is 30.8 Å². The van der Waals surface area contributed by atoms with Crippen LogP contribution in [0.4, 0.5) is 23.7 Å². The second kappa shape index (κ2) is 6.06. The number of hydrogen-bond donors (Lipinski definition) is 1. The van der Waals surface area contributed by atoms with Crippen LogP contribution in [0.5, 0.6) is 0 Å². The van der Waals surface area contributed by atoms with Gasteiger partial charge in [-0.3, -0.25) is 0 Å². The van der Waals surface area contributed by atoms with Gasteiger partial charge in [0.05, 0.1) is 11.7 Å². The minimum Gasteiger partial charge on any atom is -0.444 e. The summed E-state index contributed by atoms with van der Waals surface area (Å²) in [5.74, 6) is -3.14. The molecule has 1 saturated heterocycles. The third-order valence-electron chi connectivity index (χ3n) is 3.22. The number of rotatable bonds is 2. The van der Waals surface area contributed by atoms with E-state index in [2.05, 4.69) is 5.32 Å². The fourth-order valence-corrected chi connectivity index (χ4v) is 2.34. The van der Waals surface area contributed by atoms with Crippen LogP contribution in [-0.2, 0) is 4.74 Å². The Morgan fingerprint density at radius 3 is 2.64 bits per heavy atom. The average Bonchev–Trinajstić information content (AvgIpc) is 2.79. The number of carbonyl (C=O) groups excluding carboxylic acids is 1. The minimum atomic E-state index is -1.22. The summed E-state index contributed by atoms with van der Waals surface area (Å²) in [6.07, 6.45) is -0.0261. The minimum absolute atomic E-state index is 0.133. The van der Waals surface area contributed by atoms with Crippen molar-refractivity contribution in [1.82, 2.24) is 5.32 Å². The lowest BCUT2D eigenvalue weighted by molar-refractivity contribution is 0.0509. The predicted molar refractivity (Wildman–Crippen MR) is 76.3 cm³/mol. The van der Waals surface area contributed by atoms with Gasteiger partial charge in [0, 0.05) is 25.2 Å². The molecule has 122 valence electrons. The molecular formula is C15H19F3N2O2. The zero-order chi connectivity index (χ0) is 16.5. The molecule has 0 aromatic heterocycles. The van der Waals surface area contributed by atoms with Gasteiger partial charge in [-0.05, 0) is 27.2 Å². The highest BCUT2D eigenvalue weighted by atomic mass is 19.2. The van der Waals surface area contributed by atoms with E-state index >= 15 is 0 Å². The monoisotopic (exact) mass is 316 g/mol. The first kappa shape index (κ1) is 16.5. The largest absolute Gasteiger partial charge is 0.444 e. The molecule has 0 aliphatic carbocycles. The highest BCUT2D eigenvalue weighted by Gasteiger charge is 2.28. The number of alkyl carbamates (subject to hydrolysis) is 1. The van der Waals surface area contributed by atoms with Crippen molar-refractivity contribution in [2.75, 3.05) is 18.0 Å². The molecular weight excluding hydrogens is 297 g/mol. The van der Waals surface area contributed by atoms with Crippen molar-refractivity contribution in [3.63, 3.8) is 0 Å². The summed E-state index contributed by atoms with van der Waals surface area (Å²) in [6, 6.07) is 1.19. The molecule has 1 aromatic carbocycles. The maximum absolute atomic E-state index is 13.8. The molecule has 0 spiro atoms. The summed E-state index contributed by atoms with van der Waals surface area (Å²) >= 11 is 0. The van der Waals surface area contributed by atoms with E-state index in [9.17, 15) is 18.0 Å². The van der Waals surface area contributed by atoms with Gasteiger partial charge in [0.15, 0.2) is 11.6 Å². The number of ether oxygens (including phenoxy) is 1. The van der Waals surface area contributed by atoms with Crippen molar-refractivity contribution in [3.8, 4) is 0 Å². The molecule has 1 aromatic rings. The lowest BCUT2D eigenvalue weighted by Crippen LogP contribution is -2.40. The Balaban J connectivity index is 2.00. The maximum Gasteiger partial charge on any atom is 0.407 e. The van der Waals surface area contributed by atoms with Crippen molar-refractivity contribution in [2.24, 2.45) is 0 Å². The van der Waals surface area contributed by atoms with Gasteiger partial charge in [0.25, 0.3) is 0 Å². The standard InChI is InChI=1S/C15H19F3N2O2/c1-15(2,3)22-14(21)19-10-4-5-20(8-10)12-7-9(16)6-11(17)13(12)18/h6-7,10H,4-5,8H2,1-3H3,(H,19,21)/t10-/m0/s1. The molecule has 1 heterocycles. The van der Waals surface area contributed by atoms with Crippen molar-refractivity contribution in [3.05, 3.63) is 29.6 Å². The average molecular weight is 316 g/mol. The highest BCUT2D eigenvalue weighted by Crippen LogP contribution is 2.26. The Morgan fingerprint density at radius 1 is 1.32 bits per heavy atom. The van der Waals surface area contributed by atoms with E-state index in [0.29, 0.717) is 19.0 Å². The Kier molecular flexibility index (Phi) is 4.53. The summed E-state index contributed by atoms with van der Waals surface area (Å²) in [7, 11) is 0. The third kappa shape index (κ3) is 4.05. The van der Waals surface area contributed by atoms with E-state index in [1.54, 1.807) is 20.8 Å².